The van der Waals surface area contributed by atoms with E-state index in [-0.39, 0.29) is 24.0 Å². The molecule has 2 N–H and O–H groups in total. The number of hydrogen-bond donors (Lipinski definition) is 2. The summed E-state index contributed by atoms with van der Waals surface area (Å²) in [6.07, 6.45) is 6.93. The van der Waals surface area contributed by atoms with Gasteiger partial charge in [0.1, 0.15) is 0 Å². The van der Waals surface area contributed by atoms with Crippen LogP contribution in [0.15, 0.2) is 17.3 Å². The smallest absolute Gasteiger partial charge is 0.191 e. The number of hydrogen-bond acceptors (Lipinski definition) is 2. The van der Waals surface area contributed by atoms with Crippen LogP contribution in [0.4, 0.5) is 0 Å². The lowest BCUT2D eigenvalue weighted by Crippen LogP contribution is -2.44. The molecule has 0 amide bonds. The Morgan fingerprint density at radius 1 is 1.40 bits per heavy atom. The molecule has 0 unspecified atom stereocenters. The number of nitrogens with one attached hydrogen (secondary N) is 2. The summed E-state index contributed by atoms with van der Waals surface area (Å²) in [6.45, 7) is 3.09. The van der Waals surface area contributed by atoms with E-state index in [0.717, 1.165) is 24.1 Å². The third-order valence-electron chi connectivity index (χ3n) is 3.94. The largest absolute Gasteiger partial charge is 0.354 e. The van der Waals surface area contributed by atoms with Gasteiger partial charge < -0.3 is 10.6 Å². The van der Waals surface area contributed by atoms with E-state index in [1.807, 2.05) is 31.0 Å². The molecule has 0 bridgehead atoms. The first-order valence-electron chi connectivity index (χ1n) is 7.13. The number of rotatable bonds is 3. The lowest BCUT2D eigenvalue weighted by atomic mass is 9.87. The molecule has 1 aliphatic rings. The maximum atomic E-state index is 4.30. The number of aromatic nitrogens is 2. The summed E-state index contributed by atoms with van der Waals surface area (Å²) in [5.74, 6) is 1.77. The number of guanidine groups is 1. The van der Waals surface area contributed by atoms with Gasteiger partial charge in [-0.05, 0) is 37.7 Å². The molecular weight excluding hydrogens is 365 g/mol. The summed E-state index contributed by atoms with van der Waals surface area (Å²) < 4.78 is 1.88. The van der Waals surface area contributed by atoms with Crippen molar-refractivity contribution in [2.75, 3.05) is 7.05 Å². The second-order valence-electron chi connectivity index (χ2n) is 5.47. The normalized spacial score (nSPS) is 23.1. The van der Waals surface area contributed by atoms with Crippen molar-refractivity contribution in [2.45, 2.75) is 45.2 Å². The molecule has 1 aromatic heterocycles. The molecule has 1 aromatic rings. The van der Waals surface area contributed by atoms with Gasteiger partial charge in [-0.3, -0.25) is 9.67 Å². The summed E-state index contributed by atoms with van der Waals surface area (Å²) in [4.78, 5) is 4.30. The molecule has 2 rings (SSSR count). The van der Waals surface area contributed by atoms with Crippen molar-refractivity contribution in [3.8, 4) is 0 Å². The van der Waals surface area contributed by atoms with Gasteiger partial charge in [0.25, 0.3) is 0 Å². The Morgan fingerprint density at radius 3 is 2.65 bits per heavy atom. The van der Waals surface area contributed by atoms with Gasteiger partial charge in [-0.25, -0.2) is 0 Å². The van der Waals surface area contributed by atoms with E-state index in [2.05, 4.69) is 27.6 Å². The average molecular weight is 391 g/mol. The molecule has 1 fully saturated rings. The minimum Gasteiger partial charge on any atom is -0.354 e. The van der Waals surface area contributed by atoms with Crippen LogP contribution in [0.1, 0.15) is 38.3 Å². The fourth-order valence-electron chi connectivity index (χ4n) is 2.54. The zero-order valence-corrected chi connectivity index (χ0v) is 14.9. The van der Waals surface area contributed by atoms with E-state index in [1.54, 1.807) is 0 Å². The van der Waals surface area contributed by atoms with Gasteiger partial charge in [-0.1, -0.05) is 6.92 Å². The van der Waals surface area contributed by atoms with Gasteiger partial charge in [0.05, 0.1) is 12.2 Å². The van der Waals surface area contributed by atoms with Crippen molar-refractivity contribution in [1.29, 1.82) is 0 Å². The zero-order valence-electron chi connectivity index (χ0n) is 12.6. The quantitative estimate of drug-likeness (QED) is 0.472. The standard InChI is InChI=1S/C14H25N5.HI/c1-11-4-6-12(7-5-11)18-14(15-2)16-10-13-8-9-17-19(13)3;/h8-9,11-12H,4-7,10H2,1-3H3,(H2,15,16,18);1H. The summed E-state index contributed by atoms with van der Waals surface area (Å²) in [5, 5.41) is 11.0. The second-order valence-corrected chi connectivity index (χ2v) is 5.47. The van der Waals surface area contributed by atoms with Crippen LogP contribution in [-0.4, -0.2) is 28.8 Å². The van der Waals surface area contributed by atoms with E-state index in [1.165, 1.54) is 25.7 Å². The lowest BCUT2D eigenvalue weighted by molar-refractivity contribution is 0.329. The molecular formula is C14H26IN5. The lowest BCUT2D eigenvalue weighted by Gasteiger charge is -2.28. The SMILES string of the molecule is CN=C(NCc1ccnn1C)NC1CCC(C)CC1.I. The summed E-state index contributed by atoms with van der Waals surface area (Å²) in [7, 11) is 3.78. The van der Waals surface area contributed by atoms with Crippen molar-refractivity contribution in [2.24, 2.45) is 18.0 Å². The molecule has 1 saturated carbocycles. The monoisotopic (exact) mass is 391 g/mol. The molecule has 114 valence electrons. The summed E-state index contributed by atoms with van der Waals surface area (Å²) in [6, 6.07) is 2.58. The van der Waals surface area contributed by atoms with E-state index >= 15 is 0 Å². The Labute approximate surface area is 138 Å². The zero-order chi connectivity index (χ0) is 13.7. The highest BCUT2D eigenvalue weighted by molar-refractivity contribution is 14.0. The fraction of sp³-hybridized carbons (Fsp3) is 0.714. The van der Waals surface area contributed by atoms with Crippen LogP contribution in [0.3, 0.4) is 0 Å². The van der Waals surface area contributed by atoms with Crippen LogP contribution in [0.25, 0.3) is 0 Å². The van der Waals surface area contributed by atoms with Crippen molar-refractivity contribution in [1.82, 2.24) is 20.4 Å². The molecule has 6 heteroatoms. The Hall–Kier alpha value is -0.790. The Morgan fingerprint density at radius 2 is 2.10 bits per heavy atom. The average Bonchev–Trinajstić information content (AvgIpc) is 2.82. The number of nitrogens with zero attached hydrogens (tertiary/aromatic N) is 3. The molecule has 0 saturated heterocycles. The van der Waals surface area contributed by atoms with Crippen LogP contribution in [0, 0.1) is 5.92 Å². The first kappa shape index (κ1) is 17.3. The van der Waals surface area contributed by atoms with E-state index in [0.29, 0.717) is 6.04 Å². The Bertz CT molecular complexity index is 421. The van der Waals surface area contributed by atoms with Crippen molar-refractivity contribution in [3.63, 3.8) is 0 Å². The van der Waals surface area contributed by atoms with Crippen molar-refractivity contribution >= 4 is 29.9 Å². The molecule has 0 spiro atoms. The van der Waals surface area contributed by atoms with Gasteiger partial charge in [0.15, 0.2) is 5.96 Å². The third-order valence-corrected chi connectivity index (χ3v) is 3.94. The maximum Gasteiger partial charge on any atom is 0.191 e. The summed E-state index contributed by atoms with van der Waals surface area (Å²) in [5.41, 5.74) is 1.15. The van der Waals surface area contributed by atoms with Gasteiger partial charge in [0.2, 0.25) is 0 Å². The van der Waals surface area contributed by atoms with Gasteiger partial charge in [-0.2, -0.15) is 5.10 Å². The van der Waals surface area contributed by atoms with Gasteiger partial charge >= 0.3 is 0 Å². The second kappa shape index (κ2) is 8.49. The van der Waals surface area contributed by atoms with Gasteiger partial charge in [-0.15, -0.1) is 24.0 Å². The highest BCUT2D eigenvalue weighted by Crippen LogP contribution is 2.23. The van der Waals surface area contributed by atoms with E-state index in [9.17, 15) is 0 Å². The van der Waals surface area contributed by atoms with E-state index in [4.69, 9.17) is 0 Å². The molecule has 20 heavy (non-hydrogen) atoms. The Balaban J connectivity index is 0.00000200. The summed E-state index contributed by atoms with van der Waals surface area (Å²) >= 11 is 0. The minimum absolute atomic E-state index is 0. The van der Waals surface area contributed by atoms with Crippen LogP contribution < -0.4 is 10.6 Å². The molecule has 0 aromatic carbocycles. The highest BCUT2D eigenvalue weighted by Gasteiger charge is 2.18. The van der Waals surface area contributed by atoms with Crippen LogP contribution in [-0.2, 0) is 13.6 Å². The molecule has 0 radical (unpaired) electrons. The maximum absolute atomic E-state index is 4.30. The number of aryl methyl sites for hydroxylation is 1. The molecule has 5 nitrogen and oxygen atoms in total. The minimum atomic E-state index is 0. The fourth-order valence-corrected chi connectivity index (χ4v) is 2.54. The van der Waals surface area contributed by atoms with Crippen LogP contribution in [0.2, 0.25) is 0 Å². The van der Waals surface area contributed by atoms with Crippen molar-refractivity contribution < 1.29 is 0 Å². The predicted molar refractivity (Wildman–Crippen MR) is 93.4 cm³/mol. The topological polar surface area (TPSA) is 54.2 Å². The first-order chi connectivity index (χ1) is 9.19. The van der Waals surface area contributed by atoms with Crippen molar-refractivity contribution in [3.05, 3.63) is 18.0 Å². The number of halogens is 1. The first-order valence-corrected chi connectivity index (χ1v) is 7.13. The molecule has 0 aliphatic heterocycles. The number of aliphatic imine (C=N–C) groups is 1. The molecule has 1 heterocycles. The van der Waals surface area contributed by atoms with Crippen LogP contribution in [0.5, 0.6) is 0 Å². The van der Waals surface area contributed by atoms with Crippen LogP contribution >= 0.6 is 24.0 Å². The predicted octanol–water partition coefficient (Wildman–Crippen LogP) is 2.28. The Kier molecular flexibility index (Phi) is 7.32. The van der Waals surface area contributed by atoms with E-state index < -0.39 is 0 Å². The highest BCUT2D eigenvalue weighted by atomic mass is 127. The molecule has 0 atom stereocenters. The van der Waals surface area contributed by atoms with Gasteiger partial charge in [0, 0.05) is 26.3 Å². The third kappa shape index (κ3) is 4.96. The molecule has 1 aliphatic carbocycles.